The molecule has 0 aromatic rings. The molecule has 1 fully saturated rings. The highest BCUT2D eigenvalue weighted by Gasteiger charge is 2.23. The molecule has 0 spiro atoms. The minimum Gasteiger partial charge on any atom is -0.310 e. The van der Waals surface area contributed by atoms with Crippen LogP contribution in [-0.4, -0.2) is 36.6 Å². The zero-order valence-electron chi connectivity index (χ0n) is 9.40. The van der Waals surface area contributed by atoms with Crippen molar-refractivity contribution >= 4 is 0 Å². The van der Waals surface area contributed by atoms with Crippen molar-refractivity contribution in [3.05, 3.63) is 0 Å². The van der Waals surface area contributed by atoms with Gasteiger partial charge in [0.2, 0.25) is 0 Å². The molecule has 13 heavy (non-hydrogen) atoms. The molecule has 2 heteroatoms. The van der Waals surface area contributed by atoms with E-state index in [-0.39, 0.29) is 0 Å². The quantitative estimate of drug-likeness (QED) is 0.720. The van der Waals surface area contributed by atoms with Crippen LogP contribution < -0.4 is 5.32 Å². The summed E-state index contributed by atoms with van der Waals surface area (Å²) >= 11 is 0. The van der Waals surface area contributed by atoms with Crippen LogP contribution in [0.25, 0.3) is 0 Å². The summed E-state index contributed by atoms with van der Waals surface area (Å²) < 4.78 is 0. The van der Waals surface area contributed by atoms with E-state index in [1.54, 1.807) is 0 Å². The Kier molecular flexibility index (Phi) is 4.20. The lowest BCUT2D eigenvalue weighted by atomic mass is 10.1. The van der Waals surface area contributed by atoms with Crippen molar-refractivity contribution in [3.8, 4) is 0 Å². The third-order valence-electron chi connectivity index (χ3n) is 2.70. The summed E-state index contributed by atoms with van der Waals surface area (Å²) in [6.07, 6.45) is 3.95. The summed E-state index contributed by atoms with van der Waals surface area (Å²) in [6.45, 7) is 11.8. The summed E-state index contributed by atoms with van der Waals surface area (Å²) in [5, 5.41) is 3.59. The largest absolute Gasteiger partial charge is 0.310 e. The predicted octanol–water partition coefficient (Wildman–Crippen LogP) is 1.86. The highest BCUT2D eigenvalue weighted by atomic mass is 15.2. The van der Waals surface area contributed by atoms with Gasteiger partial charge in [0.1, 0.15) is 0 Å². The van der Waals surface area contributed by atoms with E-state index in [4.69, 9.17) is 0 Å². The first-order chi connectivity index (χ1) is 6.14. The van der Waals surface area contributed by atoms with Gasteiger partial charge in [0.05, 0.1) is 0 Å². The van der Waals surface area contributed by atoms with Crippen molar-refractivity contribution in [3.63, 3.8) is 0 Å². The first-order valence-electron chi connectivity index (χ1n) is 5.61. The summed E-state index contributed by atoms with van der Waals surface area (Å²) in [6, 6.07) is 0. The van der Waals surface area contributed by atoms with E-state index in [1.807, 2.05) is 0 Å². The molecule has 0 atom stereocenters. The van der Waals surface area contributed by atoms with E-state index in [1.165, 1.54) is 45.4 Å². The molecule has 1 heterocycles. The number of nitrogens with one attached hydrogen (secondary N) is 1. The summed E-state index contributed by atoms with van der Waals surface area (Å²) in [5.41, 5.74) is 0.310. The molecule has 2 nitrogen and oxygen atoms in total. The molecule has 1 rings (SSSR count). The van der Waals surface area contributed by atoms with Crippen molar-refractivity contribution in [2.45, 2.75) is 45.6 Å². The lowest BCUT2D eigenvalue weighted by molar-refractivity contribution is 0.228. The molecule has 0 radical (unpaired) electrons. The second-order valence-electron chi connectivity index (χ2n) is 4.79. The van der Waals surface area contributed by atoms with Crippen LogP contribution >= 0.6 is 0 Å². The van der Waals surface area contributed by atoms with Gasteiger partial charge in [-0.15, -0.1) is 0 Å². The minimum absolute atomic E-state index is 0.310. The van der Waals surface area contributed by atoms with Crippen molar-refractivity contribution in [1.29, 1.82) is 0 Å². The lowest BCUT2D eigenvalue weighted by Gasteiger charge is -2.29. The maximum absolute atomic E-state index is 3.59. The number of nitrogens with zero attached hydrogens (tertiary/aromatic N) is 1. The van der Waals surface area contributed by atoms with E-state index in [9.17, 15) is 0 Å². The van der Waals surface area contributed by atoms with E-state index in [0.29, 0.717) is 5.54 Å². The van der Waals surface area contributed by atoms with Gasteiger partial charge in [-0.05, 0) is 46.3 Å². The SMILES string of the molecule is CCCCN1CCCNC(C)(C)C1. The Labute approximate surface area is 82.7 Å². The molecular formula is C11H24N2. The van der Waals surface area contributed by atoms with Gasteiger partial charge in [-0.2, -0.15) is 0 Å². The molecule has 1 N–H and O–H groups in total. The van der Waals surface area contributed by atoms with Gasteiger partial charge in [-0.3, -0.25) is 0 Å². The third-order valence-corrected chi connectivity index (χ3v) is 2.70. The number of unbranched alkanes of at least 4 members (excludes halogenated alkanes) is 1. The fourth-order valence-corrected chi connectivity index (χ4v) is 2.00. The van der Waals surface area contributed by atoms with Crippen LogP contribution in [0.1, 0.15) is 40.0 Å². The van der Waals surface area contributed by atoms with Crippen LogP contribution in [0.2, 0.25) is 0 Å². The van der Waals surface area contributed by atoms with E-state index in [2.05, 4.69) is 31.0 Å². The molecular weight excluding hydrogens is 160 g/mol. The molecule has 0 saturated carbocycles. The maximum atomic E-state index is 3.59. The second kappa shape index (κ2) is 4.97. The van der Waals surface area contributed by atoms with Crippen molar-refractivity contribution in [1.82, 2.24) is 10.2 Å². The van der Waals surface area contributed by atoms with Crippen LogP contribution in [0.4, 0.5) is 0 Å². The molecule has 0 amide bonds. The number of hydrogen-bond donors (Lipinski definition) is 1. The number of rotatable bonds is 3. The Bertz CT molecular complexity index is 143. The molecule has 0 aromatic heterocycles. The van der Waals surface area contributed by atoms with Crippen LogP contribution in [-0.2, 0) is 0 Å². The maximum Gasteiger partial charge on any atom is 0.0252 e. The Morgan fingerprint density at radius 3 is 2.85 bits per heavy atom. The van der Waals surface area contributed by atoms with Crippen LogP contribution in [0.15, 0.2) is 0 Å². The smallest absolute Gasteiger partial charge is 0.0252 e. The Morgan fingerprint density at radius 2 is 2.15 bits per heavy atom. The van der Waals surface area contributed by atoms with Gasteiger partial charge in [-0.25, -0.2) is 0 Å². The fraction of sp³-hybridized carbons (Fsp3) is 1.00. The topological polar surface area (TPSA) is 15.3 Å². The monoisotopic (exact) mass is 184 g/mol. The number of hydrogen-bond acceptors (Lipinski definition) is 2. The van der Waals surface area contributed by atoms with Gasteiger partial charge < -0.3 is 10.2 Å². The zero-order valence-corrected chi connectivity index (χ0v) is 9.40. The summed E-state index contributed by atoms with van der Waals surface area (Å²) in [4.78, 5) is 2.60. The molecule has 1 aliphatic heterocycles. The molecule has 1 aliphatic rings. The van der Waals surface area contributed by atoms with E-state index < -0.39 is 0 Å². The molecule has 0 unspecified atom stereocenters. The van der Waals surface area contributed by atoms with Crippen LogP contribution in [0.5, 0.6) is 0 Å². The first kappa shape index (κ1) is 11.0. The molecule has 1 saturated heterocycles. The summed E-state index contributed by atoms with van der Waals surface area (Å²) in [7, 11) is 0. The Hall–Kier alpha value is -0.0800. The van der Waals surface area contributed by atoms with Gasteiger partial charge in [0.15, 0.2) is 0 Å². The normalized spacial score (nSPS) is 24.2. The second-order valence-corrected chi connectivity index (χ2v) is 4.79. The van der Waals surface area contributed by atoms with Gasteiger partial charge in [0, 0.05) is 12.1 Å². The molecule has 0 bridgehead atoms. The van der Waals surface area contributed by atoms with E-state index >= 15 is 0 Å². The molecule has 0 aromatic carbocycles. The first-order valence-corrected chi connectivity index (χ1v) is 5.61. The third kappa shape index (κ3) is 4.10. The van der Waals surface area contributed by atoms with Gasteiger partial charge in [-0.1, -0.05) is 13.3 Å². The van der Waals surface area contributed by atoms with Gasteiger partial charge in [0.25, 0.3) is 0 Å². The Morgan fingerprint density at radius 1 is 1.38 bits per heavy atom. The average Bonchev–Trinajstić information content (AvgIpc) is 2.22. The lowest BCUT2D eigenvalue weighted by Crippen LogP contribution is -2.46. The van der Waals surface area contributed by atoms with Gasteiger partial charge >= 0.3 is 0 Å². The highest BCUT2D eigenvalue weighted by Crippen LogP contribution is 2.10. The average molecular weight is 184 g/mol. The zero-order chi connectivity index (χ0) is 9.73. The Balaban J connectivity index is 2.36. The summed E-state index contributed by atoms with van der Waals surface area (Å²) in [5.74, 6) is 0. The van der Waals surface area contributed by atoms with Crippen LogP contribution in [0.3, 0.4) is 0 Å². The van der Waals surface area contributed by atoms with Crippen molar-refractivity contribution in [2.75, 3.05) is 26.2 Å². The van der Waals surface area contributed by atoms with Crippen LogP contribution in [0, 0.1) is 0 Å². The minimum atomic E-state index is 0.310. The standard InChI is InChI=1S/C11H24N2/c1-4-5-8-13-9-6-7-12-11(2,3)10-13/h12H,4-10H2,1-3H3. The predicted molar refractivity (Wildman–Crippen MR) is 58.0 cm³/mol. The van der Waals surface area contributed by atoms with Crippen molar-refractivity contribution in [2.24, 2.45) is 0 Å². The van der Waals surface area contributed by atoms with E-state index in [0.717, 1.165) is 0 Å². The fourth-order valence-electron chi connectivity index (χ4n) is 2.00. The molecule has 0 aliphatic carbocycles. The molecule has 78 valence electrons. The van der Waals surface area contributed by atoms with Crippen molar-refractivity contribution < 1.29 is 0 Å². The highest BCUT2D eigenvalue weighted by molar-refractivity contribution is 4.84.